The minimum atomic E-state index is -0.0646. The number of benzene rings is 1. The molecule has 3 rings (SSSR count). The van der Waals surface area contributed by atoms with E-state index >= 15 is 0 Å². The van der Waals surface area contributed by atoms with Crippen LogP contribution in [0.4, 0.5) is 0 Å². The summed E-state index contributed by atoms with van der Waals surface area (Å²) in [5.74, 6) is 0.597. The van der Waals surface area contributed by atoms with Gasteiger partial charge in [-0.1, -0.05) is 25.8 Å². The van der Waals surface area contributed by atoms with E-state index in [-0.39, 0.29) is 16.7 Å². The molecule has 0 saturated heterocycles. The Balaban J connectivity index is 1.94. The molecule has 0 aromatic heterocycles. The van der Waals surface area contributed by atoms with Gasteiger partial charge in [0, 0.05) is 0 Å². The topological polar surface area (TPSA) is 38.3 Å². The van der Waals surface area contributed by atoms with E-state index in [1.165, 1.54) is 25.7 Å². The first kappa shape index (κ1) is 14.7. The number of carbonyl (C=O) groups is 1. The van der Waals surface area contributed by atoms with Gasteiger partial charge < -0.3 is 10.1 Å². The molecule has 0 bridgehead atoms. The molecule has 1 heterocycles. The number of carbonyl (C=O) groups excluding carboxylic acids is 1. The average Bonchev–Trinajstić information content (AvgIpc) is 2.93. The van der Waals surface area contributed by atoms with Gasteiger partial charge in [-0.25, -0.2) is 0 Å². The van der Waals surface area contributed by atoms with Gasteiger partial charge >= 0.3 is 0 Å². The summed E-state index contributed by atoms with van der Waals surface area (Å²) in [5, 5.41) is 2.82. The predicted octanol–water partition coefficient (Wildman–Crippen LogP) is 4.06. The molecule has 0 radical (unpaired) electrons. The molecule has 1 fully saturated rings. The summed E-state index contributed by atoms with van der Waals surface area (Å²) in [4.78, 5) is 12.1. The van der Waals surface area contributed by atoms with Gasteiger partial charge in [0.25, 0.3) is 5.91 Å². The molecule has 2 aliphatic rings. The monoisotopic (exact) mass is 307 g/mol. The molecule has 1 aromatic carbocycles. The molecule has 0 spiro atoms. The maximum atomic E-state index is 12.1. The van der Waals surface area contributed by atoms with Gasteiger partial charge in [-0.15, -0.1) is 11.6 Å². The zero-order chi connectivity index (χ0) is 14.9. The van der Waals surface area contributed by atoms with Crippen molar-refractivity contribution in [3.63, 3.8) is 0 Å². The van der Waals surface area contributed by atoms with Gasteiger partial charge in [-0.3, -0.25) is 4.79 Å². The number of hydrogen-bond donors (Lipinski definition) is 1. The van der Waals surface area contributed by atoms with Crippen LogP contribution in [0.3, 0.4) is 0 Å². The second-order valence-electron chi connectivity index (χ2n) is 6.15. The van der Waals surface area contributed by atoms with Crippen LogP contribution in [0, 0.1) is 5.41 Å². The Bertz CT molecular complexity index is 538. The highest BCUT2D eigenvalue weighted by Crippen LogP contribution is 2.53. The Morgan fingerprint density at radius 2 is 2.14 bits per heavy atom. The second-order valence-corrected chi connectivity index (χ2v) is 6.58. The van der Waals surface area contributed by atoms with Gasteiger partial charge in [-0.2, -0.15) is 0 Å². The van der Waals surface area contributed by atoms with E-state index < -0.39 is 0 Å². The van der Waals surface area contributed by atoms with E-state index in [1.807, 2.05) is 18.2 Å². The molecule has 21 heavy (non-hydrogen) atoms. The van der Waals surface area contributed by atoms with E-state index in [0.717, 1.165) is 12.0 Å². The molecule has 1 atom stereocenters. The van der Waals surface area contributed by atoms with Gasteiger partial charge in [0.1, 0.15) is 12.4 Å². The minimum Gasteiger partial charge on any atom is -0.491 e. The number of nitrogens with one attached hydrogen (secondary N) is 1. The minimum absolute atomic E-state index is 0.0358. The number of alkyl halides is 1. The highest BCUT2D eigenvalue weighted by Gasteiger charge is 2.39. The quantitative estimate of drug-likeness (QED) is 0.855. The molecule has 114 valence electrons. The number of fused-ring (bicyclic) bond motifs is 1. The van der Waals surface area contributed by atoms with Crippen molar-refractivity contribution in [2.75, 3.05) is 13.2 Å². The number of hydrogen-bond acceptors (Lipinski definition) is 2. The van der Waals surface area contributed by atoms with Crippen molar-refractivity contribution < 1.29 is 9.53 Å². The average molecular weight is 308 g/mol. The fourth-order valence-electron chi connectivity index (χ4n) is 3.65. The number of amides is 1. The molecular formula is C17H22ClNO2. The highest BCUT2D eigenvalue weighted by molar-refractivity contribution is 6.21. The summed E-state index contributed by atoms with van der Waals surface area (Å²) in [6.07, 6.45) is 5.95. The molecule has 4 heteroatoms. The van der Waals surface area contributed by atoms with Gasteiger partial charge in [0.05, 0.1) is 17.5 Å². The lowest BCUT2D eigenvalue weighted by Crippen LogP contribution is -2.25. The summed E-state index contributed by atoms with van der Waals surface area (Å²) in [6.45, 7) is 3.29. The zero-order valence-corrected chi connectivity index (χ0v) is 13.2. The summed E-state index contributed by atoms with van der Waals surface area (Å²) < 4.78 is 5.60. The molecule has 3 nitrogen and oxygen atoms in total. The van der Waals surface area contributed by atoms with E-state index in [1.54, 1.807) is 0 Å². The van der Waals surface area contributed by atoms with E-state index in [2.05, 4.69) is 12.2 Å². The first-order valence-corrected chi connectivity index (χ1v) is 8.29. The second kappa shape index (κ2) is 5.88. The van der Waals surface area contributed by atoms with Crippen molar-refractivity contribution in [1.29, 1.82) is 0 Å². The number of halogens is 1. The van der Waals surface area contributed by atoms with E-state index in [0.29, 0.717) is 24.5 Å². The van der Waals surface area contributed by atoms with Crippen molar-refractivity contribution in [2.45, 2.75) is 44.4 Å². The predicted molar refractivity (Wildman–Crippen MR) is 84.1 cm³/mol. The third-order valence-corrected chi connectivity index (χ3v) is 5.74. The van der Waals surface area contributed by atoms with Crippen LogP contribution in [0.2, 0.25) is 0 Å². The fraction of sp³-hybridized carbons (Fsp3) is 0.588. The lowest BCUT2D eigenvalue weighted by Gasteiger charge is -2.33. The Labute approximate surface area is 131 Å². The van der Waals surface area contributed by atoms with Gasteiger partial charge in [-0.05, 0) is 42.4 Å². The molecule has 1 aliphatic heterocycles. The Hall–Kier alpha value is -1.22. The van der Waals surface area contributed by atoms with Crippen LogP contribution in [0.25, 0.3) is 0 Å². The smallest absolute Gasteiger partial charge is 0.255 e. The van der Waals surface area contributed by atoms with Crippen LogP contribution in [0.5, 0.6) is 5.75 Å². The highest BCUT2D eigenvalue weighted by atomic mass is 35.5. The Morgan fingerprint density at radius 1 is 1.38 bits per heavy atom. The lowest BCUT2D eigenvalue weighted by molar-refractivity contribution is 0.0957. The summed E-state index contributed by atoms with van der Waals surface area (Å²) >= 11 is 6.83. The summed E-state index contributed by atoms with van der Waals surface area (Å²) in [7, 11) is 0. The van der Waals surface area contributed by atoms with E-state index in [4.69, 9.17) is 16.3 Å². The third-order valence-electron chi connectivity index (χ3n) is 5.03. The molecule has 1 saturated carbocycles. The molecule has 1 N–H and O–H groups in total. The zero-order valence-electron chi connectivity index (χ0n) is 12.5. The SMILES string of the molecule is CCC1(C(Cl)c2ccc3c(c2)C(=O)NCCO3)CCCC1. The molecule has 1 aliphatic carbocycles. The van der Waals surface area contributed by atoms with Crippen LogP contribution in [0.15, 0.2) is 18.2 Å². The first-order chi connectivity index (χ1) is 10.2. The molecule has 1 unspecified atom stereocenters. The van der Waals surface area contributed by atoms with Crippen LogP contribution in [-0.4, -0.2) is 19.1 Å². The lowest BCUT2D eigenvalue weighted by atomic mass is 9.77. The van der Waals surface area contributed by atoms with Crippen LogP contribution >= 0.6 is 11.6 Å². The summed E-state index contributed by atoms with van der Waals surface area (Å²) in [5.41, 5.74) is 1.83. The van der Waals surface area contributed by atoms with Crippen molar-refractivity contribution in [3.8, 4) is 5.75 Å². The Kier molecular flexibility index (Phi) is 4.12. The largest absolute Gasteiger partial charge is 0.491 e. The van der Waals surface area contributed by atoms with Crippen molar-refractivity contribution in [3.05, 3.63) is 29.3 Å². The van der Waals surface area contributed by atoms with Gasteiger partial charge in [0.2, 0.25) is 0 Å². The van der Waals surface area contributed by atoms with Crippen molar-refractivity contribution in [2.24, 2.45) is 5.41 Å². The molecule has 1 amide bonds. The van der Waals surface area contributed by atoms with Crippen LogP contribution in [0.1, 0.15) is 60.3 Å². The maximum Gasteiger partial charge on any atom is 0.255 e. The van der Waals surface area contributed by atoms with Crippen molar-refractivity contribution >= 4 is 17.5 Å². The maximum absolute atomic E-state index is 12.1. The number of ether oxygens (including phenoxy) is 1. The van der Waals surface area contributed by atoms with Crippen LogP contribution < -0.4 is 10.1 Å². The third kappa shape index (κ3) is 2.64. The van der Waals surface area contributed by atoms with E-state index in [9.17, 15) is 4.79 Å². The molecular weight excluding hydrogens is 286 g/mol. The summed E-state index contributed by atoms with van der Waals surface area (Å²) in [6, 6.07) is 5.83. The number of rotatable bonds is 3. The van der Waals surface area contributed by atoms with Gasteiger partial charge in [0.15, 0.2) is 0 Å². The Morgan fingerprint density at radius 3 is 2.86 bits per heavy atom. The van der Waals surface area contributed by atoms with Crippen molar-refractivity contribution in [1.82, 2.24) is 5.32 Å². The fourth-order valence-corrected chi connectivity index (χ4v) is 4.16. The standard InChI is InChI=1S/C17H22ClNO2/c1-2-17(7-3-4-8-17)15(18)12-5-6-14-13(11-12)16(20)19-9-10-21-14/h5-6,11,15H,2-4,7-10H2,1H3,(H,19,20). The van der Waals surface area contributed by atoms with Crippen LogP contribution in [-0.2, 0) is 0 Å². The molecule has 1 aromatic rings. The normalized spacial score (nSPS) is 21.9. The first-order valence-electron chi connectivity index (χ1n) is 7.85.